The third-order valence-corrected chi connectivity index (χ3v) is 3.25. The molecule has 92 valence electrons. The molecule has 0 radical (unpaired) electrons. The number of aliphatic carboxylic acids is 1. The summed E-state index contributed by atoms with van der Waals surface area (Å²) in [5.74, 6) is 0.00736. The summed E-state index contributed by atoms with van der Waals surface area (Å²) in [6.45, 7) is 4.06. The predicted octanol–water partition coefficient (Wildman–Crippen LogP) is 2.93. The fraction of sp³-hybridized carbons (Fsp3) is 0.462. The quantitative estimate of drug-likeness (QED) is 0.902. The third kappa shape index (κ3) is 2.39. The first-order valence-electron chi connectivity index (χ1n) is 5.57. The van der Waals surface area contributed by atoms with E-state index in [1.807, 2.05) is 6.07 Å². The van der Waals surface area contributed by atoms with Crippen LogP contribution in [0.2, 0.25) is 5.02 Å². The molecule has 4 heteroatoms. The molecule has 0 saturated heterocycles. The Hall–Kier alpha value is -1.22. The van der Waals surface area contributed by atoms with Crippen molar-refractivity contribution in [2.75, 3.05) is 6.61 Å². The standard InChI is InChI=1S/C13H15ClO3/c1-13(2,12(15)16)7-9-6-10(14)5-8-3-4-17-11(8)9/h5-6H,3-4,7H2,1-2H3,(H,15,16). The Labute approximate surface area is 105 Å². The summed E-state index contributed by atoms with van der Waals surface area (Å²) in [5, 5.41) is 9.79. The van der Waals surface area contributed by atoms with Gasteiger partial charge in [-0.25, -0.2) is 0 Å². The minimum Gasteiger partial charge on any atom is -0.493 e. The van der Waals surface area contributed by atoms with Crippen LogP contribution in [-0.2, 0) is 17.6 Å². The maximum absolute atomic E-state index is 11.1. The van der Waals surface area contributed by atoms with Crippen molar-refractivity contribution in [1.82, 2.24) is 0 Å². The molecule has 3 nitrogen and oxygen atoms in total. The van der Waals surface area contributed by atoms with Gasteiger partial charge in [0.25, 0.3) is 0 Å². The molecule has 0 aliphatic carbocycles. The van der Waals surface area contributed by atoms with Crippen molar-refractivity contribution in [1.29, 1.82) is 0 Å². The largest absolute Gasteiger partial charge is 0.493 e. The van der Waals surface area contributed by atoms with Gasteiger partial charge in [0.05, 0.1) is 12.0 Å². The van der Waals surface area contributed by atoms with Crippen molar-refractivity contribution >= 4 is 17.6 Å². The lowest BCUT2D eigenvalue weighted by molar-refractivity contribution is -0.146. The first kappa shape index (κ1) is 12.2. The summed E-state index contributed by atoms with van der Waals surface area (Å²) in [5.41, 5.74) is 1.15. The van der Waals surface area contributed by atoms with E-state index in [0.717, 1.165) is 23.3 Å². The van der Waals surface area contributed by atoms with Crippen molar-refractivity contribution in [3.8, 4) is 5.75 Å². The Bertz CT molecular complexity index is 466. The van der Waals surface area contributed by atoms with Gasteiger partial charge < -0.3 is 9.84 Å². The van der Waals surface area contributed by atoms with E-state index in [2.05, 4.69) is 0 Å². The molecular weight excluding hydrogens is 240 g/mol. The molecule has 1 N–H and O–H groups in total. The number of carbonyl (C=O) groups is 1. The molecular formula is C13H15ClO3. The minimum atomic E-state index is -0.816. The molecule has 1 aliphatic heterocycles. The van der Waals surface area contributed by atoms with Gasteiger partial charge in [0.2, 0.25) is 0 Å². The molecule has 0 aromatic heterocycles. The predicted molar refractivity (Wildman–Crippen MR) is 65.8 cm³/mol. The molecule has 0 spiro atoms. The summed E-state index contributed by atoms with van der Waals surface area (Å²) >= 11 is 6.03. The molecule has 17 heavy (non-hydrogen) atoms. The fourth-order valence-corrected chi connectivity index (χ4v) is 2.29. The second-order valence-corrected chi connectivity index (χ2v) is 5.45. The van der Waals surface area contributed by atoms with Gasteiger partial charge >= 0.3 is 5.97 Å². The molecule has 0 unspecified atom stereocenters. The van der Waals surface area contributed by atoms with Crippen molar-refractivity contribution in [3.63, 3.8) is 0 Å². The van der Waals surface area contributed by atoms with Gasteiger partial charge in [0, 0.05) is 11.4 Å². The van der Waals surface area contributed by atoms with Crippen molar-refractivity contribution in [2.24, 2.45) is 5.41 Å². The number of ether oxygens (including phenoxy) is 1. The molecule has 1 heterocycles. The van der Waals surface area contributed by atoms with Gasteiger partial charge in [-0.3, -0.25) is 4.79 Å². The van der Waals surface area contributed by atoms with Crippen LogP contribution in [0.25, 0.3) is 0 Å². The Kier molecular flexibility index (Phi) is 3.04. The normalized spacial score (nSPS) is 14.3. The molecule has 2 rings (SSSR count). The third-order valence-electron chi connectivity index (χ3n) is 3.04. The van der Waals surface area contributed by atoms with Crippen LogP contribution >= 0.6 is 11.6 Å². The van der Waals surface area contributed by atoms with E-state index in [9.17, 15) is 4.79 Å². The highest BCUT2D eigenvalue weighted by atomic mass is 35.5. The van der Waals surface area contributed by atoms with Gasteiger partial charge in [-0.15, -0.1) is 0 Å². The van der Waals surface area contributed by atoms with Crippen LogP contribution in [0, 0.1) is 5.41 Å². The Morgan fingerprint density at radius 2 is 2.24 bits per heavy atom. The maximum Gasteiger partial charge on any atom is 0.309 e. The zero-order valence-corrected chi connectivity index (χ0v) is 10.7. The van der Waals surface area contributed by atoms with E-state index < -0.39 is 11.4 Å². The monoisotopic (exact) mass is 254 g/mol. The first-order valence-corrected chi connectivity index (χ1v) is 5.95. The number of hydrogen-bond acceptors (Lipinski definition) is 2. The lowest BCUT2D eigenvalue weighted by Gasteiger charge is -2.20. The second kappa shape index (κ2) is 4.22. The number of rotatable bonds is 3. The van der Waals surface area contributed by atoms with Gasteiger partial charge in [0.15, 0.2) is 0 Å². The van der Waals surface area contributed by atoms with Crippen LogP contribution < -0.4 is 4.74 Å². The van der Waals surface area contributed by atoms with E-state index in [4.69, 9.17) is 21.4 Å². The van der Waals surface area contributed by atoms with E-state index in [-0.39, 0.29) is 0 Å². The van der Waals surface area contributed by atoms with E-state index in [1.165, 1.54) is 0 Å². The number of benzene rings is 1. The Morgan fingerprint density at radius 1 is 1.53 bits per heavy atom. The van der Waals surface area contributed by atoms with Crippen LogP contribution in [0.15, 0.2) is 12.1 Å². The van der Waals surface area contributed by atoms with E-state index in [0.29, 0.717) is 18.1 Å². The second-order valence-electron chi connectivity index (χ2n) is 5.02. The summed E-state index contributed by atoms with van der Waals surface area (Å²) in [4.78, 5) is 11.1. The molecule has 0 atom stereocenters. The summed E-state index contributed by atoms with van der Waals surface area (Å²) in [6.07, 6.45) is 1.27. The van der Waals surface area contributed by atoms with Crippen LogP contribution in [-0.4, -0.2) is 17.7 Å². The van der Waals surface area contributed by atoms with Crippen molar-refractivity contribution in [2.45, 2.75) is 26.7 Å². The number of hydrogen-bond donors (Lipinski definition) is 1. The summed E-state index contributed by atoms with van der Waals surface area (Å²) in [6, 6.07) is 3.69. The van der Waals surface area contributed by atoms with Crippen molar-refractivity contribution < 1.29 is 14.6 Å². The SMILES string of the molecule is CC(C)(Cc1cc(Cl)cc2c1OCC2)C(=O)O. The summed E-state index contributed by atoms with van der Waals surface area (Å²) < 4.78 is 5.56. The van der Waals surface area contributed by atoms with Crippen molar-refractivity contribution in [3.05, 3.63) is 28.3 Å². The smallest absolute Gasteiger partial charge is 0.309 e. The number of halogens is 1. The number of fused-ring (bicyclic) bond motifs is 1. The first-order chi connectivity index (χ1) is 7.90. The summed E-state index contributed by atoms with van der Waals surface area (Å²) in [7, 11) is 0. The average Bonchev–Trinajstić information content (AvgIpc) is 2.64. The molecule has 0 bridgehead atoms. The Morgan fingerprint density at radius 3 is 2.88 bits per heavy atom. The van der Waals surface area contributed by atoms with Crippen LogP contribution in [0.5, 0.6) is 5.75 Å². The fourth-order valence-electron chi connectivity index (χ4n) is 2.03. The van der Waals surface area contributed by atoms with Crippen LogP contribution in [0.1, 0.15) is 25.0 Å². The molecule has 1 aliphatic rings. The number of carboxylic acids is 1. The zero-order valence-electron chi connectivity index (χ0n) is 9.92. The highest BCUT2D eigenvalue weighted by Gasteiger charge is 2.30. The zero-order chi connectivity index (χ0) is 12.6. The average molecular weight is 255 g/mol. The molecule has 1 aromatic carbocycles. The lowest BCUT2D eigenvalue weighted by Crippen LogP contribution is -2.26. The van der Waals surface area contributed by atoms with Gasteiger partial charge in [-0.1, -0.05) is 11.6 Å². The molecule has 1 aromatic rings. The van der Waals surface area contributed by atoms with E-state index in [1.54, 1.807) is 19.9 Å². The Balaban J connectivity index is 2.37. The lowest BCUT2D eigenvalue weighted by atomic mass is 9.85. The highest BCUT2D eigenvalue weighted by molar-refractivity contribution is 6.30. The molecule has 0 amide bonds. The molecule has 0 fully saturated rings. The van der Waals surface area contributed by atoms with Gasteiger partial charge in [-0.2, -0.15) is 0 Å². The number of carboxylic acid groups (broad SMARTS) is 1. The molecule has 0 saturated carbocycles. The van der Waals surface area contributed by atoms with Gasteiger partial charge in [0.1, 0.15) is 5.75 Å². The maximum atomic E-state index is 11.1. The van der Waals surface area contributed by atoms with Crippen LogP contribution in [0.4, 0.5) is 0 Å². The minimum absolute atomic E-state index is 0.422. The van der Waals surface area contributed by atoms with E-state index >= 15 is 0 Å². The van der Waals surface area contributed by atoms with Gasteiger partial charge in [-0.05, 0) is 43.5 Å². The van der Waals surface area contributed by atoms with Crippen LogP contribution in [0.3, 0.4) is 0 Å². The highest BCUT2D eigenvalue weighted by Crippen LogP contribution is 2.36. The topological polar surface area (TPSA) is 46.5 Å².